The van der Waals surface area contributed by atoms with Crippen LogP contribution in [0.2, 0.25) is 0 Å². The predicted molar refractivity (Wildman–Crippen MR) is 146 cm³/mol. The Morgan fingerprint density at radius 2 is 1.46 bits per heavy atom. The van der Waals surface area contributed by atoms with Gasteiger partial charge in [-0.05, 0) is 87.4 Å². The molecule has 35 heavy (non-hydrogen) atoms. The van der Waals surface area contributed by atoms with Gasteiger partial charge in [0.1, 0.15) is 11.5 Å². The van der Waals surface area contributed by atoms with Gasteiger partial charge >= 0.3 is 0 Å². The van der Waals surface area contributed by atoms with E-state index in [0.717, 1.165) is 17.9 Å². The summed E-state index contributed by atoms with van der Waals surface area (Å²) in [5.74, 6) is 1.78. The minimum atomic E-state index is 0.357. The molecule has 0 bridgehead atoms. The summed E-state index contributed by atoms with van der Waals surface area (Å²) in [6, 6.07) is 24.5. The maximum absolute atomic E-state index is 5.49. The highest BCUT2D eigenvalue weighted by atomic mass is 32.2. The van der Waals surface area contributed by atoms with Gasteiger partial charge in [-0.25, -0.2) is 0 Å². The van der Waals surface area contributed by atoms with Crippen molar-refractivity contribution in [1.29, 1.82) is 0 Å². The molecule has 0 aliphatic heterocycles. The summed E-state index contributed by atoms with van der Waals surface area (Å²) in [6.07, 6.45) is 5.42. The van der Waals surface area contributed by atoms with Crippen molar-refractivity contribution < 1.29 is 9.47 Å². The van der Waals surface area contributed by atoms with E-state index >= 15 is 0 Å². The molecule has 2 heterocycles. The first-order chi connectivity index (χ1) is 17.0. The van der Waals surface area contributed by atoms with Gasteiger partial charge in [0.05, 0.1) is 14.2 Å². The Kier molecular flexibility index (Phi) is 6.52. The van der Waals surface area contributed by atoms with E-state index in [-0.39, 0.29) is 0 Å². The lowest BCUT2D eigenvalue weighted by molar-refractivity contribution is 0.415. The highest BCUT2D eigenvalue weighted by molar-refractivity contribution is 7.99. The van der Waals surface area contributed by atoms with Crippen LogP contribution in [0.4, 0.5) is 0 Å². The normalized spacial score (nSPS) is 12.5. The summed E-state index contributed by atoms with van der Waals surface area (Å²) in [4.78, 5) is 2.49. The maximum atomic E-state index is 5.49. The molecule has 5 aromatic rings. The SMILES string of the molecule is COc1ccc2c(ccn2C(C)Cc2ccc(Sc3cn(C(C)C)c4ccc(OC)cc34)cc2)c1. The van der Waals surface area contributed by atoms with E-state index in [4.69, 9.17) is 9.47 Å². The Hall–Kier alpha value is -3.31. The monoisotopic (exact) mass is 484 g/mol. The quantitative estimate of drug-likeness (QED) is 0.222. The van der Waals surface area contributed by atoms with Gasteiger partial charge in [-0.1, -0.05) is 23.9 Å². The second kappa shape index (κ2) is 9.74. The molecule has 180 valence electrons. The number of fused-ring (bicyclic) bond motifs is 2. The Morgan fingerprint density at radius 3 is 2.14 bits per heavy atom. The molecule has 0 radical (unpaired) electrons. The van der Waals surface area contributed by atoms with E-state index in [1.807, 2.05) is 23.9 Å². The van der Waals surface area contributed by atoms with Crippen LogP contribution in [0.1, 0.15) is 38.4 Å². The summed E-state index contributed by atoms with van der Waals surface area (Å²) in [6.45, 7) is 6.72. The largest absolute Gasteiger partial charge is 0.497 e. The fourth-order valence-electron chi connectivity index (χ4n) is 4.75. The Labute approximate surface area is 211 Å². The van der Waals surface area contributed by atoms with Gasteiger partial charge in [-0.15, -0.1) is 0 Å². The third-order valence-electron chi connectivity index (χ3n) is 6.64. The van der Waals surface area contributed by atoms with Crippen LogP contribution in [0.3, 0.4) is 0 Å². The number of nitrogens with zero attached hydrogens (tertiary/aromatic N) is 2. The number of ether oxygens (including phenoxy) is 2. The van der Waals surface area contributed by atoms with E-state index in [0.29, 0.717) is 12.1 Å². The lowest BCUT2D eigenvalue weighted by Crippen LogP contribution is -2.06. The standard InChI is InChI=1S/C30H32N2O2S/c1-20(2)32-19-30(27-18-25(34-5)9-13-29(27)32)35-26-10-6-22(7-11-26)16-21(3)31-15-14-23-17-24(33-4)8-12-28(23)31/h6-15,17-21H,16H2,1-5H3. The zero-order valence-electron chi connectivity index (χ0n) is 21.0. The molecular weight excluding hydrogens is 452 g/mol. The van der Waals surface area contributed by atoms with Crippen LogP contribution in [-0.4, -0.2) is 23.4 Å². The lowest BCUT2D eigenvalue weighted by atomic mass is 10.1. The van der Waals surface area contributed by atoms with Crippen molar-refractivity contribution >= 4 is 33.6 Å². The summed E-state index contributed by atoms with van der Waals surface area (Å²) in [5, 5.41) is 2.44. The molecule has 5 rings (SSSR count). The van der Waals surface area contributed by atoms with Crippen LogP contribution in [0, 0.1) is 0 Å². The zero-order valence-corrected chi connectivity index (χ0v) is 21.8. The molecule has 2 aromatic heterocycles. The van der Waals surface area contributed by atoms with Gasteiger partial charge in [0.15, 0.2) is 0 Å². The van der Waals surface area contributed by atoms with Crippen LogP contribution < -0.4 is 9.47 Å². The zero-order chi connectivity index (χ0) is 24.5. The highest BCUT2D eigenvalue weighted by Gasteiger charge is 2.14. The molecule has 0 aliphatic rings. The van der Waals surface area contributed by atoms with E-state index < -0.39 is 0 Å². The van der Waals surface area contributed by atoms with Crippen molar-refractivity contribution in [3.8, 4) is 11.5 Å². The van der Waals surface area contributed by atoms with Crippen molar-refractivity contribution in [3.63, 3.8) is 0 Å². The van der Waals surface area contributed by atoms with Crippen LogP contribution in [0.25, 0.3) is 21.8 Å². The molecule has 5 heteroatoms. The minimum absolute atomic E-state index is 0.357. The second-order valence-corrected chi connectivity index (χ2v) is 10.4. The minimum Gasteiger partial charge on any atom is -0.497 e. The fourth-order valence-corrected chi connectivity index (χ4v) is 5.72. The maximum Gasteiger partial charge on any atom is 0.119 e. The molecule has 4 nitrogen and oxygen atoms in total. The molecule has 1 unspecified atom stereocenters. The number of hydrogen-bond donors (Lipinski definition) is 0. The molecule has 0 amide bonds. The number of rotatable bonds is 8. The number of hydrogen-bond acceptors (Lipinski definition) is 3. The molecule has 0 saturated carbocycles. The van der Waals surface area contributed by atoms with Gasteiger partial charge < -0.3 is 18.6 Å². The molecule has 0 N–H and O–H groups in total. The van der Waals surface area contributed by atoms with Crippen molar-refractivity contribution in [2.75, 3.05) is 14.2 Å². The first-order valence-electron chi connectivity index (χ1n) is 12.1. The fraction of sp³-hybridized carbons (Fsp3) is 0.267. The molecule has 0 fully saturated rings. The van der Waals surface area contributed by atoms with Gasteiger partial charge in [0, 0.05) is 56.1 Å². The molecule has 3 aromatic carbocycles. The third kappa shape index (κ3) is 4.65. The second-order valence-electron chi connectivity index (χ2n) is 9.32. The molecule has 0 saturated heterocycles. The van der Waals surface area contributed by atoms with Gasteiger partial charge in [0.2, 0.25) is 0 Å². The number of aromatic nitrogens is 2. The first-order valence-corrected chi connectivity index (χ1v) is 12.9. The van der Waals surface area contributed by atoms with E-state index in [2.05, 4.69) is 96.9 Å². The van der Waals surface area contributed by atoms with E-state index in [1.54, 1.807) is 14.2 Å². The van der Waals surface area contributed by atoms with Crippen LogP contribution >= 0.6 is 11.8 Å². The van der Waals surface area contributed by atoms with Crippen LogP contribution in [-0.2, 0) is 6.42 Å². The number of methoxy groups -OCH3 is 2. The Balaban J connectivity index is 1.35. The highest BCUT2D eigenvalue weighted by Crippen LogP contribution is 2.38. The Morgan fingerprint density at radius 1 is 0.771 bits per heavy atom. The van der Waals surface area contributed by atoms with E-state index in [1.165, 1.54) is 37.2 Å². The summed E-state index contributed by atoms with van der Waals surface area (Å²) >= 11 is 1.81. The van der Waals surface area contributed by atoms with Crippen molar-refractivity contribution in [3.05, 3.63) is 84.7 Å². The van der Waals surface area contributed by atoms with Crippen LogP contribution in [0.5, 0.6) is 11.5 Å². The summed E-state index contributed by atoms with van der Waals surface area (Å²) in [7, 11) is 3.43. The lowest BCUT2D eigenvalue weighted by Gasteiger charge is -2.16. The smallest absolute Gasteiger partial charge is 0.119 e. The van der Waals surface area contributed by atoms with Gasteiger partial charge in [0.25, 0.3) is 0 Å². The summed E-state index contributed by atoms with van der Waals surface area (Å²) < 4.78 is 15.6. The first kappa shape index (κ1) is 23.4. The van der Waals surface area contributed by atoms with E-state index in [9.17, 15) is 0 Å². The average Bonchev–Trinajstić information content (AvgIpc) is 3.46. The van der Waals surface area contributed by atoms with Crippen molar-refractivity contribution in [1.82, 2.24) is 9.13 Å². The molecule has 0 spiro atoms. The molecule has 1 atom stereocenters. The average molecular weight is 485 g/mol. The Bertz CT molecular complexity index is 1460. The third-order valence-corrected chi connectivity index (χ3v) is 7.70. The van der Waals surface area contributed by atoms with Gasteiger partial charge in [-0.2, -0.15) is 0 Å². The predicted octanol–water partition coefficient (Wildman–Crippen LogP) is 8.15. The molecular formula is C30H32N2O2S. The van der Waals surface area contributed by atoms with Gasteiger partial charge in [-0.3, -0.25) is 0 Å². The molecule has 0 aliphatic carbocycles. The van der Waals surface area contributed by atoms with Crippen molar-refractivity contribution in [2.24, 2.45) is 0 Å². The topological polar surface area (TPSA) is 28.3 Å². The van der Waals surface area contributed by atoms with Crippen molar-refractivity contribution in [2.45, 2.75) is 49.1 Å². The number of benzene rings is 3. The van der Waals surface area contributed by atoms with Crippen LogP contribution in [0.15, 0.2) is 88.9 Å². The summed E-state index contributed by atoms with van der Waals surface area (Å²) in [5.41, 5.74) is 3.82.